The molecule has 0 bridgehead atoms. The van der Waals surface area contributed by atoms with Gasteiger partial charge >= 0.3 is 5.69 Å². The number of imidazole rings is 1. The second-order valence-electron chi connectivity index (χ2n) is 4.35. The summed E-state index contributed by atoms with van der Waals surface area (Å²) in [4.78, 5) is 16.5. The Bertz CT molecular complexity index is 815. The minimum Gasteiger partial charge on any atom is -0.361 e. The molecule has 0 N–H and O–H groups in total. The SMILES string of the molecule is Cc1cc(Cn2c(=O)n(C)c3ncc(Br)cc32)no1. The van der Waals surface area contributed by atoms with E-state index in [0.717, 1.165) is 15.7 Å². The van der Waals surface area contributed by atoms with Gasteiger partial charge in [-0.25, -0.2) is 9.78 Å². The van der Waals surface area contributed by atoms with E-state index in [4.69, 9.17) is 4.52 Å². The van der Waals surface area contributed by atoms with Gasteiger partial charge in [-0.05, 0) is 28.9 Å². The molecule has 98 valence electrons. The molecule has 0 saturated carbocycles. The van der Waals surface area contributed by atoms with Crippen LogP contribution in [0, 0.1) is 6.92 Å². The van der Waals surface area contributed by atoms with Crippen molar-refractivity contribution in [3.8, 4) is 0 Å². The van der Waals surface area contributed by atoms with Crippen LogP contribution in [0.25, 0.3) is 11.2 Å². The van der Waals surface area contributed by atoms with Gasteiger partial charge < -0.3 is 4.52 Å². The molecule has 3 aromatic heterocycles. The molecule has 3 aromatic rings. The first-order valence-corrected chi connectivity index (χ1v) is 6.48. The number of aromatic nitrogens is 4. The maximum Gasteiger partial charge on any atom is 0.330 e. The normalized spacial score (nSPS) is 11.3. The van der Waals surface area contributed by atoms with Gasteiger partial charge in [-0.1, -0.05) is 5.16 Å². The lowest BCUT2D eigenvalue weighted by molar-refractivity contribution is 0.389. The van der Waals surface area contributed by atoms with Crippen molar-refractivity contribution < 1.29 is 4.52 Å². The summed E-state index contributed by atoms with van der Waals surface area (Å²) in [6.45, 7) is 2.19. The van der Waals surface area contributed by atoms with Gasteiger partial charge in [0.05, 0.1) is 12.1 Å². The average molecular weight is 323 g/mol. The number of hydrogen-bond acceptors (Lipinski definition) is 4. The maximum absolute atomic E-state index is 12.2. The Kier molecular flexibility index (Phi) is 2.78. The van der Waals surface area contributed by atoms with Crippen LogP contribution in [0.3, 0.4) is 0 Å². The van der Waals surface area contributed by atoms with Crippen LogP contribution in [-0.2, 0) is 13.6 Å². The molecular weight excluding hydrogens is 312 g/mol. The molecule has 0 aliphatic rings. The fourth-order valence-electron chi connectivity index (χ4n) is 2.06. The van der Waals surface area contributed by atoms with Gasteiger partial charge in [0.1, 0.15) is 11.5 Å². The van der Waals surface area contributed by atoms with Crippen molar-refractivity contribution in [3.05, 3.63) is 44.7 Å². The third kappa shape index (κ3) is 1.99. The van der Waals surface area contributed by atoms with Crippen molar-refractivity contribution >= 4 is 27.1 Å². The van der Waals surface area contributed by atoms with Gasteiger partial charge in [0, 0.05) is 23.8 Å². The third-order valence-electron chi connectivity index (χ3n) is 2.94. The van der Waals surface area contributed by atoms with E-state index < -0.39 is 0 Å². The van der Waals surface area contributed by atoms with E-state index >= 15 is 0 Å². The van der Waals surface area contributed by atoms with E-state index in [-0.39, 0.29) is 5.69 Å². The van der Waals surface area contributed by atoms with Crippen molar-refractivity contribution in [1.29, 1.82) is 0 Å². The highest BCUT2D eigenvalue weighted by Crippen LogP contribution is 2.17. The van der Waals surface area contributed by atoms with Crippen LogP contribution in [0.2, 0.25) is 0 Å². The number of pyridine rings is 1. The summed E-state index contributed by atoms with van der Waals surface area (Å²) < 4.78 is 9.00. The lowest BCUT2D eigenvalue weighted by Gasteiger charge is -1.99. The Labute approximate surface area is 116 Å². The van der Waals surface area contributed by atoms with E-state index in [1.54, 1.807) is 17.8 Å². The second kappa shape index (κ2) is 4.34. The molecule has 19 heavy (non-hydrogen) atoms. The monoisotopic (exact) mass is 322 g/mol. The van der Waals surface area contributed by atoms with Crippen LogP contribution in [0.4, 0.5) is 0 Å². The Balaban J connectivity index is 2.19. The molecule has 0 aromatic carbocycles. The summed E-state index contributed by atoms with van der Waals surface area (Å²) >= 11 is 3.37. The number of rotatable bonds is 2. The molecule has 3 rings (SSSR count). The smallest absolute Gasteiger partial charge is 0.330 e. The highest BCUT2D eigenvalue weighted by Gasteiger charge is 2.13. The fraction of sp³-hybridized carbons (Fsp3) is 0.250. The predicted octanol–water partition coefficient (Wildman–Crippen LogP) is 1.84. The van der Waals surface area contributed by atoms with E-state index in [2.05, 4.69) is 26.1 Å². The predicted molar refractivity (Wildman–Crippen MR) is 73.0 cm³/mol. The van der Waals surface area contributed by atoms with Crippen molar-refractivity contribution in [2.45, 2.75) is 13.5 Å². The molecule has 0 saturated heterocycles. The van der Waals surface area contributed by atoms with Crippen molar-refractivity contribution in [1.82, 2.24) is 19.3 Å². The zero-order chi connectivity index (χ0) is 13.6. The van der Waals surface area contributed by atoms with Crippen LogP contribution in [0.1, 0.15) is 11.5 Å². The average Bonchev–Trinajstić information content (AvgIpc) is 2.88. The number of fused-ring (bicyclic) bond motifs is 1. The van der Waals surface area contributed by atoms with E-state index in [9.17, 15) is 4.79 Å². The second-order valence-corrected chi connectivity index (χ2v) is 5.27. The zero-order valence-corrected chi connectivity index (χ0v) is 12.0. The van der Waals surface area contributed by atoms with E-state index in [1.807, 2.05) is 19.1 Å². The fourth-order valence-corrected chi connectivity index (χ4v) is 2.38. The van der Waals surface area contributed by atoms with Gasteiger partial charge in [0.2, 0.25) is 0 Å². The van der Waals surface area contributed by atoms with E-state index in [0.29, 0.717) is 17.9 Å². The van der Waals surface area contributed by atoms with Crippen molar-refractivity contribution in [3.63, 3.8) is 0 Å². The molecular formula is C12H11BrN4O2. The minimum atomic E-state index is -0.124. The topological polar surface area (TPSA) is 65.8 Å². The summed E-state index contributed by atoms with van der Waals surface area (Å²) in [6, 6.07) is 3.69. The summed E-state index contributed by atoms with van der Waals surface area (Å²) in [6.07, 6.45) is 1.67. The molecule has 0 amide bonds. The summed E-state index contributed by atoms with van der Waals surface area (Å²) in [5, 5.41) is 3.91. The molecule has 0 radical (unpaired) electrons. The molecule has 0 aliphatic heterocycles. The molecule has 0 spiro atoms. The van der Waals surface area contributed by atoms with Crippen LogP contribution in [-0.4, -0.2) is 19.3 Å². The molecule has 6 nitrogen and oxygen atoms in total. The van der Waals surface area contributed by atoms with Gasteiger partial charge in [0.25, 0.3) is 0 Å². The van der Waals surface area contributed by atoms with Crippen LogP contribution in [0.5, 0.6) is 0 Å². The largest absolute Gasteiger partial charge is 0.361 e. The first kappa shape index (κ1) is 12.2. The number of nitrogens with zero attached hydrogens (tertiary/aromatic N) is 4. The lowest BCUT2D eigenvalue weighted by atomic mass is 10.3. The number of halogens is 1. The van der Waals surface area contributed by atoms with Gasteiger partial charge in [0.15, 0.2) is 5.65 Å². The van der Waals surface area contributed by atoms with Crippen molar-refractivity contribution in [2.75, 3.05) is 0 Å². The summed E-state index contributed by atoms with van der Waals surface area (Å²) in [5.74, 6) is 0.725. The lowest BCUT2D eigenvalue weighted by Crippen LogP contribution is -2.22. The minimum absolute atomic E-state index is 0.124. The molecule has 0 unspecified atom stereocenters. The maximum atomic E-state index is 12.2. The third-order valence-corrected chi connectivity index (χ3v) is 3.37. The number of aryl methyl sites for hydroxylation is 2. The first-order valence-electron chi connectivity index (χ1n) is 5.69. The van der Waals surface area contributed by atoms with E-state index in [1.165, 1.54) is 4.57 Å². The Morgan fingerprint density at radius 1 is 1.42 bits per heavy atom. The van der Waals surface area contributed by atoms with Crippen LogP contribution >= 0.6 is 15.9 Å². The van der Waals surface area contributed by atoms with Crippen molar-refractivity contribution in [2.24, 2.45) is 7.05 Å². The van der Waals surface area contributed by atoms with Crippen LogP contribution in [0.15, 0.2) is 32.1 Å². The Morgan fingerprint density at radius 3 is 2.89 bits per heavy atom. The van der Waals surface area contributed by atoms with Gasteiger partial charge in [-0.3, -0.25) is 9.13 Å². The van der Waals surface area contributed by atoms with Gasteiger partial charge in [-0.2, -0.15) is 0 Å². The highest BCUT2D eigenvalue weighted by atomic mass is 79.9. The molecule has 3 heterocycles. The molecule has 0 atom stereocenters. The molecule has 0 aliphatic carbocycles. The zero-order valence-electron chi connectivity index (χ0n) is 10.4. The molecule has 0 fully saturated rings. The van der Waals surface area contributed by atoms with Crippen LogP contribution < -0.4 is 5.69 Å². The highest BCUT2D eigenvalue weighted by molar-refractivity contribution is 9.10. The number of hydrogen-bond donors (Lipinski definition) is 0. The summed E-state index contributed by atoms with van der Waals surface area (Å²) in [7, 11) is 1.70. The molecule has 7 heteroatoms. The Hall–Kier alpha value is -1.89. The standard InChI is InChI=1S/C12H11BrN4O2/c1-7-3-9(15-19-7)6-17-10-4-8(13)5-14-11(10)16(2)12(17)18/h3-5H,6H2,1-2H3. The quantitative estimate of drug-likeness (QED) is 0.722. The summed E-state index contributed by atoms with van der Waals surface area (Å²) in [5.41, 5.74) is 2.00. The first-order chi connectivity index (χ1) is 9.06. The van der Waals surface area contributed by atoms with Gasteiger partial charge in [-0.15, -0.1) is 0 Å². The Morgan fingerprint density at radius 2 is 2.21 bits per heavy atom.